The molecular formula is C21H27N3O2. The van der Waals surface area contributed by atoms with Gasteiger partial charge >= 0.3 is 0 Å². The summed E-state index contributed by atoms with van der Waals surface area (Å²) in [7, 11) is 0. The molecule has 5 nitrogen and oxygen atoms in total. The van der Waals surface area contributed by atoms with Gasteiger partial charge in [0, 0.05) is 26.2 Å². The van der Waals surface area contributed by atoms with E-state index in [2.05, 4.69) is 22.3 Å². The average Bonchev–Trinajstić information content (AvgIpc) is 2.69. The van der Waals surface area contributed by atoms with Crippen LogP contribution in [0.2, 0.25) is 0 Å². The summed E-state index contributed by atoms with van der Waals surface area (Å²) in [5.74, 6) is -0.174. The van der Waals surface area contributed by atoms with Crippen molar-refractivity contribution >= 4 is 5.91 Å². The minimum Gasteiger partial charge on any atom is -0.393 e. The third-order valence-electron chi connectivity index (χ3n) is 4.89. The standard InChI is InChI=1S/C21H27N3O2/c22-20(18-4-2-1-3-5-18)21(26)23-14-16-6-8-17(9-7-16)15-24-12-10-19(25)11-13-24/h1-9,19-20,25H,10-15,22H2,(H,23,26). The van der Waals surface area contributed by atoms with Gasteiger partial charge in [0.2, 0.25) is 5.91 Å². The number of carbonyl (C=O) groups is 1. The number of carbonyl (C=O) groups excluding carboxylic acids is 1. The lowest BCUT2D eigenvalue weighted by Gasteiger charge is -2.29. The van der Waals surface area contributed by atoms with E-state index in [1.807, 2.05) is 42.5 Å². The van der Waals surface area contributed by atoms with E-state index in [4.69, 9.17) is 5.73 Å². The summed E-state index contributed by atoms with van der Waals surface area (Å²) in [5.41, 5.74) is 9.12. The van der Waals surface area contributed by atoms with Crippen LogP contribution in [0.5, 0.6) is 0 Å². The van der Waals surface area contributed by atoms with Gasteiger partial charge in [-0.2, -0.15) is 0 Å². The Morgan fingerprint density at radius 2 is 1.69 bits per heavy atom. The number of nitrogens with two attached hydrogens (primary N) is 1. The first kappa shape index (κ1) is 18.6. The first-order valence-electron chi connectivity index (χ1n) is 9.18. The van der Waals surface area contributed by atoms with Crippen molar-refractivity contribution in [2.24, 2.45) is 5.73 Å². The molecule has 0 bridgehead atoms. The fourth-order valence-corrected chi connectivity index (χ4v) is 3.21. The van der Waals surface area contributed by atoms with Crippen LogP contribution in [0.3, 0.4) is 0 Å². The minimum atomic E-state index is -0.648. The van der Waals surface area contributed by atoms with Crippen LogP contribution >= 0.6 is 0 Å². The molecule has 1 aliphatic heterocycles. The molecule has 0 aromatic heterocycles. The zero-order chi connectivity index (χ0) is 18.4. The highest BCUT2D eigenvalue weighted by Crippen LogP contribution is 2.14. The van der Waals surface area contributed by atoms with Gasteiger partial charge in [-0.3, -0.25) is 9.69 Å². The van der Waals surface area contributed by atoms with Gasteiger partial charge in [0.15, 0.2) is 0 Å². The van der Waals surface area contributed by atoms with Crippen LogP contribution in [0.15, 0.2) is 54.6 Å². The molecule has 1 atom stereocenters. The van der Waals surface area contributed by atoms with Gasteiger partial charge in [0.1, 0.15) is 6.04 Å². The molecule has 0 radical (unpaired) electrons. The maximum atomic E-state index is 12.2. The third kappa shape index (κ3) is 5.14. The topological polar surface area (TPSA) is 78.6 Å². The number of aliphatic hydroxyl groups excluding tert-OH is 1. The van der Waals surface area contributed by atoms with Gasteiger partial charge in [-0.05, 0) is 29.5 Å². The van der Waals surface area contributed by atoms with Crippen molar-refractivity contribution in [1.29, 1.82) is 0 Å². The predicted octanol–water partition coefficient (Wildman–Crippen LogP) is 1.96. The van der Waals surface area contributed by atoms with Gasteiger partial charge in [-0.1, -0.05) is 54.6 Å². The summed E-state index contributed by atoms with van der Waals surface area (Å²) in [6.45, 7) is 3.25. The molecule has 2 aromatic rings. The number of nitrogens with zero attached hydrogens (tertiary/aromatic N) is 1. The molecule has 2 aromatic carbocycles. The molecule has 3 rings (SSSR count). The van der Waals surface area contributed by atoms with E-state index >= 15 is 0 Å². The van der Waals surface area contributed by atoms with E-state index in [1.54, 1.807) is 0 Å². The number of benzene rings is 2. The predicted molar refractivity (Wildman–Crippen MR) is 102 cm³/mol. The Bertz CT molecular complexity index is 695. The lowest BCUT2D eigenvalue weighted by atomic mass is 10.1. The van der Waals surface area contributed by atoms with Crippen molar-refractivity contribution in [3.8, 4) is 0 Å². The molecule has 0 spiro atoms. The van der Waals surface area contributed by atoms with Crippen molar-refractivity contribution < 1.29 is 9.90 Å². The molecule has 1 saturated heterocycles. The Balaban J connectivity index is 1.47. The molecule has 1 unspecified atom stereocenters. The van der Waals surface area contributed by atoms with Crippen LogP contribution in [0.1, 0.15) is 35.6 Å². The Labute approximate surface area is 154 Å². The van der Waals surface area contributed by atoms with Gasteiger partial charge in [-0.25, -0.2) is 0 Å². The largest absolute Gasteiger partial charge is 0.393 e. The fourth-order valence-electron chi connectivity index (χ4n) is 3.21. The SMILES string of the molecule is NC(C(=O)NCc1ccc(CN2CCC(O)CC2)cc1)c1ccccc1. The van der Waals surface area contributed by atoms with Crippen molar-refractivity contribution in [2.75, 3.05) is 13.1 Å². The van der Waals surface area contributed by atoms with E-state index in [9.17, 15) is 9.90 Å². The Hall–Kier alpha value is -2.21. The van der Waals surface area contributed by atoms with Gasteiger partial charge < -0.3 is 16.2 Å². The second-order valence-electron chi connectivity index (χ2n) is 6.93. The number of piperidine rings is 1. The number of rotatable bonds is 6. The number of aliphatic hydroxyl groups is 1. The van der Waals surface area contributed by atoms with E-state index in [0.29, 0.717) is 6.54 Å². The fraction of sp³-hybridized carbons (Fsp3) is 0.381. The molecule has 1 heterocycles. The van der Waals surface area contributed by atoms with E-state index < -0.39 is 6.04 Å². The first-order valence-corrected chi connectivity index (χ1v) is 9.18. The van der Waals surface area contributed by atoms with E-state index in [0.717, 1.165) is 43.6 Å². The van der Waals surface area contributed by atoms with Crippen molar-refractivity contribution in [3.63, 3.8) is 0 Å². The van der Waals surface area contributed by atoms with Crippen LogP contribution < -0.4 is 11.1 Å². The number of hydrogen-bond acceptors (Lipinski definition) is 4. The maximum absolute atomic E-state index is 12.2. The van der Waals surface area contributed by atoms with Crippen molar-refractivity contribution in [3.05, 3.63) is 71.3 Å². The molecule has 5 heteroatoms. The van der Waals surface area contributed by atoms with Gasteiger partial charge in [0.25, 0.3) is 0 Å². The monoisotopic (exact) mass is 353 g/mol. The second kappa shape index (κ2) is 8.94. The summed E-state index contributed by atoms with van der Waals surface area (Å²) in [6, 6.07) is 17.0. The van der Waals surface area contributed by atoms with Crippen molar-refractivity contribution in [1.82, 2.24) is 10.2 Å². The first-order chi connectivity index (χ1) is 12.6. The molecule has 4 N–H and O–H groups in total. The highest BCUT2D eigenvalue weighted by atomic mass is 16.3. The molecule has 138 valence electrons. The second-order valence-corrected chi connectivity index (χ2v) is 6.93. The Morgan fingerprint density at radius 1 is 1.08 bits per heavy atom. The maximum Gasteiger partial charge on any atom is 0.241 e. The quantitative estimate of drug-likeness (QED) is 0.742. The summed E-state index contributed by atoms with van der Waals surface area (Å²) in [6.07, 6.45) is 1.57. The smallest absolute Gasteiger partial charge is 0.241 e. The lowest BCUT2D eigenvalue weighted by Crippen LogP contribution is -2.35. The highest BCUT2D eigenvalue weighted by molar-refractivity contribution is 5.82. The van der Waals surface area contributed by atoms with Crippen LogP contribution in [0.25, 0.3) is 0 Å². The molecule has 0 saturated carbocycles. The van der Waals surface area contributed by atoms with Crippen LogP contribution in [0.4, 0.5) is 0 Å². The highest BCUT2D eigenvalue weighted by Gasteiger charge is 2.17. The summed E-state index contributed by atoms with van der Waals surface area (Å²) >= 11 is 0. The van der Waals surface area contributed by atoms with E-state index in [-0.39, 0.29) is 12.0 Å². The summed E-state index contributed by atoms with van der Waals surface area (Å²) in [4.78, 5) is 14.6. The number of amides is 1. The summed E-state index contributed by atoms with van der Waals surface area (Å²) < 4.78 is 0. The molecule has 1 aliphatic rings. The molecule has 1 amide bonds. The molecular weight excluding hydrogens is 326 g/mol. The zero-order valence-electron chi connectivity index (χ0n) is 15.0. The van der Waals surface area contributed by atoms with Crippen LogP contribution in [-0.4, -0.2) is 35.1 Å². The van der Waals surface area contributed by atoms with Crippen LogP contribution in [-0.2, 0) is 17.9 Å². The zero-order valence-corrected chi connectivity index (χ0v) is 15.0. The Kier molecular flexibility index (Phi) is 6.39. The number of likely N-dealkylation sites (tertiary alicyclic amines) is 1. The van der Waals surface area contributed by atoms with Crippen molar-refractivity contribution in [2.45, 2.75) is 38.1 Å². The molecule has 1 fully saturated rings. The lowest BCUT2D eigenvalue weighted by molar-refractivity contribution is -0.122. The third-order valence-corrected chi connectivity index (χ3v) is 4.89. The van der Waals surface area contributed by atoms with E-state index in [1.165, 1.54) is 5.56 Å². The number of nitrogens with one attached hydrogen (secondary N) is 1. The van der Waals surface area contributed by atoms with Gasteiger partial charge in [-0.15, -0.1) is 0 Å². The Morgan fingerprint density at radius 3 is 2.35 bits per heavy atom. The van der Waals surface area contributed by atoms with Gasteiger partial charge in [0.05, 0.1) is 6.10 Å². The minimum absolute atomic E-state index is 0.139. The number of hydrogen-bond donors (Lipinski definition) is 3. The summed E-state index contributed by atoms with van der Waals surface area (Å²) in [5, 5.41) is 12.5. The average molecular weight is 353 g/mol. The molecule has 26 heavy (non-hydrogen) atoms. The normalized spacial score (nSPS) is 17.0. The molecule has 0 aliphatic carbocycles. The van der Waals surface area contributed by atoms with Crippen LogP contribution in [0, 0.1) is 0 Å².